The van der Waals surface area contributed by atoms with Crippen LogP contribution in [0.3, 0.4) is 0 Å². The predicted octanol–water partition coefficient (Wildman–Crippen LogP) is 3.44. The fourth-order valence-corrected chi connectivity index (χ4v) is 2.59. The highest BCUT2D eigenvalue weighted by molar-refractivity contribution is 5.59. The molecule has 8 heteroatoms. The van der Waals surface area contributed by atoms with Crippen molar-refractivity contribution >= 4 is 11.6 Å². The molecule has 2 aromatic carbocycles. The Morgan fingerprint density at radius 3 is 2.39 bits per heavy atom. The second kappa shape index (κ2) is 8.98. The molecule has 28 heavy (non-hydrogen) atoms. The molecule has 0 atom stereocenters. The Labute approximate surface area is 161 Å². The second-order valence-electron chi connectivity index (χ2n) is 5.91. The van der Waals surface area contributed by atoms with Gasteiger partial charge >= 0.3 is 0 Å². The smallest absolute Gasteiger partial charge is 0.274 e. The fourth-order valence-electron chi connectivity index (χ4n) is 2.59. The van der Waals surface area contributed by atoms with Crippen LogP contribution in [-0.4, -0.2) is 28.4 Å². The number of H-pyrrole nitrogens is 1. The zero-order valence-corrected chi connectivity index (χ0v) is 15.7. The first-order valence-electron chi connectivity index (χ1n) is 8.96. The summed E-state index contributed by atoms with van der Waals surface area (Å²) < 4.78 is 24.1. The molecule has 3 aromatic rings. The molecule has 0 aliphatic heterocycles. The lowest BCUT2D eigenvalue weighted by atomic mass is 10.1. The van der Waals surface area contributed by atoms with Crippen molar-refractivity contribution in [2.24, 2.45) is 0 Å². The van der Waals surface area contributed by atoms with Crippen molar-refractivity contribution in [1.82, 2.24) is 15.2 Å². The van der Waals surface area contributed by atoms with Crippen molar-refractivity contribution in [1.29, 1.82) is 0 Å². The van der Waals surface area contributed by atoms with Gasteiger partial charge in [-0.25, -0.2) is 4.39 Å². The summed E-state index contributed by atoms with van der Waals surface area (Å²) in [5.74, 6) is 1.12. The Bertz CT molecular complexity index is 989. The Morgan fingerprint density at radius 2 is 1.71 bits per heavy atom. The van der Waals surface area contributed by atoms with E-state index in [-0.39, 0.29) is 29.4 Å². The minimum atomic E-state index is -0.363. The highest BCUT2D eigenvalue weighted by Gasteiger charge is 2.09. The Balaban J connectivity index is 1.76. The fraction of sp³-hybridized carbons (Fsp3) is 0.250. The quantitative estimate of drug-likeness (QED) is 0.618. The topological polar surface area (TPSA) is 89.1 Å². The van der Waals surface area contributed by atoms with Crippen LogP contribution in [0.5, 0.6) is 11.5 Å². The first kappa shape index (κ1) is 19.3. The van der Waals surface area contributed by atoms with Gasteiger partial charge in [-0.05, 0) is 43.7 Å². The van der Waals surface area contributed by atoms with Crippen LogP contribution in [0.25, 0.3) is 0 Å². The lowest BCUT2D eigenvalue weighted by Crippen LogP contribution is -2.18. The number of rotatable bonds is 8. The van der Waals surface area contributed by atoms with Crippen molar-refractivity contribution in [2.45, 2.75) is 20.3 Å². The molecule has 2 N–H and O–H groups in total. The number of benzene rings is 2. The highest BCUT2D eigenvalue weighted by atomic mass is 19.1. The van der Waals surface area contributed by atoms with Gasteiger partial charge in [-0.2, -0.15) is 0 Å². The van der Waals surface area contributed by atoms with Gasteiger partial charge in [-0.15, -0.1) is 10.2 Å². The van der Waals surface area contributed by atoms with E-state index >= 15 is 0 Å². The largest absolute Gasteiger partial charge is 0.490 e. The van der Waals surface area contributed by atoms with E-state index in [4.69, 9.17) is 9.47 Å². The van der Waals surface area contributed by atoms with Gasteiger partial charge in [0.25, 0.3) is 5.56 Å². The summed E-state index contributed by atoms with van der Waals surface area (Å²) in [5, 5.41) is 11.0. The Morgan fingerprint density at radius 1 is 1.00 bits per heavy atom. The molecule has 7 nitrogen and oxygen atoms in total. The Kier molecular flexibility index (Phi) is 6.21. The molecule has 0 unspecified atom stereocenters. The van der Waals surface area contributed by atoms with Crippen LogP contribution in [-0.2, 0) is 6.42 Å². The first-order valence-corrected chi connectivity index (χ1v) is 8.96. The van der Waals surface area contributed by atoms with Gasteiger partial charge in [0, 0.05) is 18.2 Å². The van der Waals surface area contributed by atoms with Gasteiger partial charge in [-0.1, -0.05) is 12.1 Å². The first-order chi connectivity index (χ1) is 13.6. The average Bonchev–Trinajstić information content (AvgIpc) is 2.68. The summed E-state index contributed by atoms with van der Waals surface area (Å²) in [4.78, 5) is 15.0. The Hall–Kier alpha value is -3.42. The number of ether oxygens (including phenoxy) is 2. The standard InChI is InChI=1S/C20H21FN4O3/c1-3-27-17-10-9-15(12-18(17)28-4-2)22-20-23-19(26)16(24-25-20)11-13-5-7-14(21)8-6-13/h5-10,12H,3-4,11H2,1-2H3,(H2,22,23,25,26). The summed E-state index contributed by atoms with van der Waals surface area (Å²) in [6.07, 6.45) is 0.264. The number of halogens is 1. The van der Waals surface area contributed by atoms with E-state index in [9.17, 15) is 9.18 Å². The molecule has 146 valence electrons. The third-order valence-corrected chi connectivity index (χ3v) is 3.86. The molecular weight excluding hydrogens is 363 g/mol. The van der Waals surface area contributed by atoms with Gasteiger partial charge < -0.3 is 14.8 Å². The molecule has 0 amide bonds. The molecule has 0 saturated carbocycles. The number of aromatic nitrogens is 3. The van der Waals surface area contributed by atoms with Gasteiger partial charge in [0.05, 0.1) is 13.2 Å². The minimum Gasteiger partial charge on any atom is -0.490 e. The molecule has 3 rings (SSSR count). The van der Waals surface area contributed by atoms with Crippen molar-refractivity contribution < 1.29 is 13.9 Å². The van der Waals surface area contributed by atoms with Crippen molar-refractivity contribution in [3.05, 3.63) is 69.9 Å². The summed E-state index contributed by atoms with van der Waals surface area (Å²) in [6.45, 7) is 4.81. The molecule has 0 bridgehead atoms. The number of nitrogens with one attached hydrogen (secondary N) is 2. The molecule has 1 aromatic heterocycles. The summed E-state index contributed by atoms with van der Waals surface area (Å²) >= 11 is 0. The van der Waals surface area contributed by atoms with Gasteiger partial charge in [0.2, 0.25) is 5.95 Å². The van der Waals surface area contributed by atoms with Crippen LogP contribution in [0.1, 0.15) is 25.1 Å². The van der Waals surface area contributed by atoms with Crippen LogP contribution >= 0.6 is 0 Å². The zero-order chi connectivity index (χ0) is 19.9. The van der Waals surface area contributed by atoms with Gasteiger partial charge in [0.1, 0.15) is 11.5 Å². The third kappa shape index (κ3) is 4.85. The second-order valence-corrected chi connectivity index (χ2v) is 5.91. The minimum absolute atomic E-state index is 0.208. The molecular formula is C20H21FN4O3. The van der Waals surface area contributed by atoms with E-state index in [1.807, 2.05) is 13.8 Å². The van der Waals surface area contributed by atoms with E-state index in [0.717, 1.165) is 5.56 Å². The SMILES string of the molecule is CCOc1ccc(Nc2nnc(Cc3ccc(F)cc3)c(=O)[nH]2)cc1OCC. The molecule has 0 spiro atoms. The molecule has 0 fully saturated rings. The molecule has 0 aliphatic carbocycles. The van der Waals surface area contributed by atoms with E-state index in [0.29, 0.717) is 30.4 Å². The highest BCUT2D eigenvalue weighted by Crippen LogP contribution is 2.31. The van der Waals surface area contributed by atoms with Crippen LogP contribution in [0, 0.1) is 5.82 Å². The van der Waals surface area contributed by atoms with Crippen molar-refractivity contribution in [2.75, 3.05) is 18.5 Å². The van der Waals surface area contributed by atoms with E-state index < -0.39 is 0 Å². The molecule has 0 radical (unpaired) electrons. The normalized spacial score (nSPS) is 10.5. The van der Waals surface area contributed by atoms with Crippen molar-refractivity contribution in [3.8, 4) is 11.5 Å². The third-order valence-electron chi connectivity index (χ3n) is 3.86. The maximum Gasteiger partial charge on any atom is 0.274 e. The van der Waals surface area contributed by atoms with E-state index in [2.05, 4.69) is 20.5 Å². The van der Waals surface area contributed by atoms with Gasteiger partial charge in [0.15, 0.2) is 11.5 Å². The number of hydrogen-bond donors (Lipinski definition) is 2. The lowest BCUT2D eigenvalue weighted by Gasteiger charge is -2.13. The predicted molar refractivity (Wildman–Crippen MR) is 104 cm³/mol. The monoisotopic (exact) mass is 384 g/mol. The molecule has 0 saturated heterocycles. The number of hydrogen-bond acceptors (Lipinski definition) is 6. The van der Waals surface area contributed by atoms with E-state index in [1.165, 1.54) is 12.1 Å². The average molecular weight is 384 g/mol. The molecule has 0 aliphatic rings. The summed E-state index contributed by atoms with van der Waals surface area (Å²) in [6, 6.07) is 11.2. The molecule has 1 heterocycles. The summed E-state index contributed by atoms with van der Waals surface area (Å²) in [7, 11) is 0. The van der Waals surface area contributed by atoms with Crippen LogP contribution in [0.2, 0.25) is 0 Å². The van der Waals surface area contributed by atoms with Crippen LogP contribution in [0.4, 0.5) is 16.0 Å². The number of nitrogens with zero attached hydrogens (tertiary/aromatic N) is 2. The van der Waals surface area contributed by atoms with Crippen LogP contribution < -0.4 is 20.3 Å². The van der Waals surface area contributed by atoms with Gasteiger partial charge in [-0.3, -0.25) is 9.78 Å². The van der Waals surface area contributed by atoms with E-state index in [1.54, 1.807) is 30.3 Å². The lowest BCUT2D eigenvalue weighted by molar-refractivity contribution is 0.288. The summed E-state index contributed by atoms with van der Waals surface area (Å²) in [5.41, 5.74) is 1.33. The maximum absolute atomic E-state index is 13.0. The van der Waals surface area contributed by atoms with Crippen molar-refractivity contribution in [3.63, 3.8) is 0 Å². The number of aromatic amines is 1. The van der Waals surface area contributed by atoms with Crippen LogP contribution in [0.15, 0.2) is 47.3 Å². The number of anilines is 2. The zero-order valence-electron chi connectivity index (χ0n) is 15.7. The maximum atomic E-state index is 13.0.